The van der Waals surface area contributed by atoms with Gasteiger partial charge in [-0.15, -0.1) is 0 Å². The van der Waals surface area contributed by atoms with Gasteiger partial charge in [0.1, 0.15) is 0 Å². The van der Waals surface area contributed by atoms with E-state index in [0.717, 1.165) is 25.3 Å². The largest absolute Gasteiger partial charge is 0.314 e. The average molecular weight is 260 g/mol. The van der Waals surface area contributed by atoms with Crippen molar-refractivity contribution in [3.8, 4) is 0 Å². The van der Waals surface area contributed by atoms with E-state index < -0.39 is 0 Å². The van der Waals surface area contributed by atoms with Crippen LogP contribution in [0.2, 0.25) is 0 Å². The molecule has 1 atom stereocenters. The van der Waals surface area contributed by atoms with Crippen molar-refractivity contribution in [2.24, 2.45) is 5.92 Å². The van der Waals surface area contributed by atoms with Crippen molar-refractivity contribution < 1.29 is 0 Å². The van der Waals surface area contributed by atoms with Crippen LogP contribution in [0.3, 0.4) is 0 Å². The van der Waals surface area contributed by atoms with E-state index in [1.54, 1.807) is 0 Å². The standard InChI is InChI=1S/C17H28N2/c1-3-14-9-10-16(19-13-14)12-17(18-4-2)11-15-7-5-6-8-15/h9-10,13,15,17-18H,3-8,11-12H2,1-2H3. The van der Waals surface area contributed by atoms with Crippen molar-refractivity contribution >= 4 is 0 Å². The molecular weight excluding hydrogens is 232 g/mol. The third-order valence-corrected chi connectivity index (χ3v) is 4.34. The Hall–Kier alpha value is -0.890. The lowest BCUT2D eigenvalue weighted by molar-refractivity contribution is 0.388. The molecule has 1 N–H and O–H groups in total. The highest BCUT2D eigenvalue weighted by Crippen LogP contribution is 2.29. The number of aromatic nitrogens is 1. The third kappa shape index (κ3) is 4.61. The second kappa shape index (κ2) is 7.64. The van der Waals surface area contributed by atoms with Crippen LogP contribution >= 0.6 is 0 Å². The van der Waals surface area contributed by atoms with E-state index in [1.807, 2.05) is 6.20 Å². The average Bonchev–Trinajstić information content (AvgIpc) is 2.93. The van der Waals surface area contributed by atoms with Crippen molar-refractivity contribution in [1.29, 1.82) is 0 Å². The maximum atomic E-state index is 4.61. The predicted molar refractivity (Wildman–Crippen MR) is 81.4 cm³/mol. The van der Waals surface area contributed by atoms with Crippen LogP contribution in [-0.2, 0) is 12.8 Å². The van der Waals surface area contributed by atoms with Gasteiger partial charge in [-0.05, 0) is 36.9 Å². The third-order valence-electron chi connectivity index (χ3n) is 4.34. The van der Waals surface area contributed by atoms with Crippen LogP contribution in [0.1, 0.15) is 57.2 Å². The van der Waals surface area contributed by atoms with E-state index >= 15 is 0 Å². The summed E-state index contributed by atoms with van der Waals surface area (Å²) in [6.45, 7) is 5.44. The zero-order valence-corrected chi connectivity index (χ0v) is 12.5. The highest BCUT2D eigenvalue weighted by atomic mass is 14.9. The van der Waals surface area contributed by atoms with E-state index in [4.69, 9.17) is 0 Å². The molecule has 0 aromatic carbocycles. The Morgan fingerprint density at radius 1 is 1.26 bits per heavy atom. The number of rotatable bonds is 7. The van der Waals surface area contributed by atoms with Gasteiger partial charge in [-0.25, -0.2) is 0 Å². The zero-order chi connectivity index (χ0) is 13.5. The summed E-state index contributed by atoms with van der Waals surface area (Å²) < 4.78 is 0. The Bertz CT molecular complexity index is 352. The summed E-state index contributed by atoms with van der Waals surface area (Å²) in [6, 6.07) is 5.03. The molecular formula is C17H28N2. The Morgan fingerprint density at radius 2 is 2.05 bits per heavy atom. The number of nitrogens with zero attached hydrogens (tertiary/aromatic N) is 1. The Balaban J connectivity index is 1.90. The number of nitrogens with one attached hydrogen (secondary N) is 1. The van der Waals surface area contributed by atoms with Gasteiger partial charge in [0.05, 0.1) is 0 Å². The van der Waals surface area contributed by atoms with Crippen LogP contribution in [-0.4, -0.2) is 17.6 Å². The fourth-order valence-electron chi connectivity index (χ4n) is 3.21. The summed E-state index contributed by atoms with van der Waals surface area (Å²) in [5.41, 5.74) is 2.57. The number of pyridine rings is 1. The number of hydrogen-bond acceptors (Lipinski definition) is 2. The van der Waals surface area contributed by atoms with Crippen molar-refractivity contribution in [3.05, 3.63) is 29.6 Å². The molecule has 1 heterocycles. The molecule has 1 aromatic heterocycles. The fraction of sp³-hybridized carbons (Fsp3) is 0.706. The lowest BCUT2D eigenvalue weighted by atomic mass is 9.95. The number of aryl methyl sites for hydroxylation is 1. The Labute approximate surface area is 118 Å². The molecule has 1 saturated carbocycles. The molecule has 1 unspecified atom stereocenters. The molecule has 1 fully saturated rings. The van der Waals surface area contributed by atoms with Gasteiger partial charge in [0.15, 0.2) is 0 Å². The van der Waals surface area contributed by atoms with Gasteiger partial charge in [0.2, 0.25) is 0 Å². The molecule has 0 aliphatic heterocycles. The van der Waals surface area contributed by atoms with Gasteiger partial charge in [-0.3, -0.25) is 4.98 Å². The van der Waals surface area contributed by atoms with E-state index in [9.17, 15) is 0 Å². The first-order valence-corrected chi connectivity index (χ1v) is 7.99. The normalized spacial score (nSPS) is 17.8. The van der Waals surface area contributed by atoms with E-state index in [-0.39, 0.29) is 0 Å². The molecule has 1 aromatic rings. The second-order valence-corrected chi connectivity index (χ2v) is 5.86. The first-order valence-electron chi connectivity index (χ1n) is 7.99. The number of hydrogen-bond donors (Lipinski definition) is 1. The van der Waals surface area contributed by atoms with E-state index in [0.29, 0.717) is 6.04 Å². The molecule has 0 saturated heterocycles. The van der Waals surface area contributed by atoms with E-state index in [2.05, 4.69) is 36.3 Å². The van der Waals surface area contributed by atoms with Gasteiger partial charge < -0.3 is 5.32 Å². The maximum absolute atomic E-state index is 4.61. The lowest BCUT2D eigenvalue weighted by Crippen LogP contribution is -2.33. The summed E-state index contributed by atoms with van der Waals surface area (Å²) in [7, 11) is 0. The van der Waals surface area contributed by atoms with Crippen LogP contribution in [0.4, 0.5) is 0 Å². The molecule has 0 bridgehead atoms. The molecule has 2 rings (SSSR count). The second-order valence-electron chi connectivity index (χ2n) is 5.86. The minimum atomic E-state index is 0.605. The quantitative estimate of drug-likeness (QED) is 0.807. The summed E-state index contributed by atoms with van der Waals surface area (Å²) in [5.74, 6) is 0.943. The van der Waals surface area contributed by atoms with Crippen LogP contribution in [0.25, 0.3) is 0 Å². The molecule has 1 aliphatic rings. The summed E-state index contributed by atoms with van der Waals surface area (Å²) >= 11 is 0. The smallest absolute Gasteiger partial charge is 0.0419 e. The maximum Gasteiger partial charge on any atom is 0.0419 e. The molecule has 2 nitrogen and oxygen atoms in total. The Kier molecular flexibility index (Phi) is 5.84. The van der Waals surface area contributed by atoms with Gasteiger partial charge in [-0.1, -0.05) is 45.6 Å². The van der Waals surface area contributed by atoms with Crippen LogP contribution in [0, 0.1) is 5.92 Å². The van der Waals surface area contributed by atoms with E-state index in [1.165, 1.54) is 43.4 Å². The molecule has 19 heavy (non-hydrogen) atoms. The highest BCUT2D eigenvalue weighted by Gasteiger charge is 2.20. The summed E-state index contributed by atoms with van der Waals surface area (Å²) in [4.78, 5) is 4.61. The van der Waals surface area contributed by atoms with Gasteiger partial charge in [0.25, 0.3) is 0 Å². The number of likely N-dealkylation sites (N-methyl/N-ethyl adjacent to an activating group) is 1. The molecule has 2 heteroatoms. The van der Waals surface area contributed by atoms with Crippen LogP contribution in [0.15, 0.2) is 18.3 Å². The first-order chi connectivity index (χ1) is 9.31. The van der Waals surface area contributed by atoms with Gasteiger partial charge in [-0.2, -0.15) is 0 Å². The minimum Gasteiger partial charge on any atom is -0.314 e. The first kappa shape index (κ1) is 14.5. The predicted octanol–water partition coefficient (Wildman–Crippen LogP) is 3.74. The minimum absolute atomic E-state index is 0.605. The van der Waals surface area contributed by atoms with Crippen molar-refractivity contribution in [2.75, 3.05) is 6.54 Å². The van der Waals surface area contributed by atoms with Gasteiger partial charge >= 0.3 is 0 Å². The molecule has 0 spiro atoms. The van der Waals surface area contributed by atoms with Crippen molar-refractivity contribution in [1.82, 2.24) is 10.3 Å². The summed E-state index contributed by atoms with van der Waals surface area (Å²) in [5, 5.41) is 3.65. The molecule has 0 radical (unpaired) electrons. The SMILES string of the molecule is CCNC(Cc1ccc(CC)cn1)CC1CCCC1. The van der Waals surface area contributed by atoms with Crippen molar-refractivity contribution in [3.63, 3.8) is 0 Å². The summed E-state index contributed by atoms with van der Waals surface area (Å²) in [6.07, 6.45) is 11.3. The fourth-order valence-corrected chi connectivity index (χ4v) is 3.21. The molecule has 0 amide bonds. The van der Waals surface area contributed by atoms with Gasteiger partial charge in [0, 0.05) is 24.4 Å². The molecule has 1 aliphatic carbocycles. The van der Waals surface area contributed by atoms with Crippen LogP contribution < -0.4 is 5.32 Å². The van der Waals surface area contributed by atoms with Crippen molar-refractivity contribution in [2.45, 2.75) is 64.8 Å². The molecule has 106 valence electrons. The van der Waals surface area contributed by atoms with Crippen LogP contribution in [0.5, 0.6) is 0 Å². The highest BCUT2D eigenvalue weighted by molar-refractivity contribution is 5.14. The Morgan fingerprint density at radius 3 is 2.63 bits per heavy atom. The lowest BCUT2D eigenvalue weighted by Gasteiger charge is -2.21. The topological polar surface area (TPSA) is 24.9 Å². The zero-order valence-electron chi connectivity index (χ0n) is 12.5. The monoisotopic (exact) mass is 260 g/mol.